The van der Waals surface area contributed by atoms with Crippen molar-refractivity contribution in [3.8, 4) is 0 Å². The summed E-state index contributed by atoms with van der Waals surface area (Å²) in [5.41, 5.74) is 5.04. The average Bonchev–Trinajstić information content (AvgIpc) is 2.40. The van der Waals surface area contributed by atoms with Gasteiger partial charge in [0, 0.05) is 0 Å². The molecule has 0 saturated carbocycles. The maximum Gasteiger partial charge on any atom is 0.238 e. The van der Waals surface area contributed by atoms with Crippen LogP contribution in [0, 0.1) is 5.41 Å². The number of halogens is 1. The van der Waals surface area contributed by atoms with Gasteiger partial charge >= 0.3 is 0 Å². The Morgan fingerprint density at radius 1 is 1.35 bits per heavy atom. The van der Waals surface area contributed by atoms with Crippen LogP contribution < -0.4 is 11.1 Å². The summed E-state index contributed by atoms with van der Waals surface area (Å²) in [6.45, 7) is 4.02. The molecule has 3 N–H and O–H groups in total. The normalized spacial score (nSPS) is 11.2. The topological polar surface area (TPSA) is 80.9 Å². The van der Waals surface area contributed by atoms with Gasteiger partial charge in [0.2, 0.25) is 5.91 Å². The van der Waals surface area contributed by atoms with Crippen LogP contribution in [0.25, 0.3) is 0 Å². The molecule has 0 atom stereocenters. The van der Waals surface area contributed by atoms with E-state index in [1.807, 2.05) is 13.8 Å². The average molecular weight is 359 g/mol. The number of thiocarbonyl (C=S) groups is 1. The Hall–Kier alpha value is -1.08. The first-order chi connectivity index (χ1) is 9.46. The second-order valence-electron chi connectivity index (χ2n) is 4.62. The van der Waals surface area contributed by atoms with Crippen LogP contribution in [0.3, 0.4) is 0 Å². The second-order valence-corrected chi connectivity index (χ2v) is 5.88. The summed E-state index contributed by atoms with van der Waals surface area (Å²) in [5.74, 6) is 0.191. The Bertz CT molecular complexity index is 472. The molecular formula is C13H19BrN4OS. The Kier molecular flexibility index (Phi) is 6.48. The summed E-state index contributed by atoms with van der Waals surface area (Å²) in [6, 6.07) is 0. The summed E-state index contributed by atoms with van der Waals surface area (Å²) in [5, 5.41) is 2.76. The maximum atomic E-state index is 12.6. The number of aromatic nitrogens is 2. The summed E-state index contributed by atoms with van der Waals surface area (Å²) in [4.78, 5) is 20.9. The van der Waals surface area contributed by atoms with Gasteiger partial charge < -0.3 is 11.1 Å². The number of carbonyl (C=O) groups excluding carboxylic acids is 1. The van der Waals surface area contributed by atoms with E-state index >= 15 is 0 Å². The highest BCUT2D eigenvalue weighted by molar-refractivity contribution is 9.10. The third kappa shape index (κ3) is 3.96. The van der Waals surface area contributed by atoms with Crippen molar-refractivity contribution in [3.63, 3.8) is 0 Å². The minimum absolute atomic E-state index is 0.203. The highest BCUT2D eigenvalue weighted by Gasteiger charge is 2.40. The third-order valence-corrected chi connectivity index (χ3v) is 3.92. The van der Waals surface area contributed by atoms with Gasteiger partial charge in [0.25, 0.3) is 0 Å². The lowest BCUT2D eigenvalue weighted by molar-refractivity contribution is -0.122. The Labute approximate surface area is 132 Å². The molecule has 1 amide bonds. The molecule has 0 bridgehead atoms. The number of nitrogens with zero attached hydrogens (tertiary/aromatic N) is 2. The van der Waals surface area contributed by atoms with Crippen molar-refractivity contribution in [1.29, 1.82) is 0 Å². The van der Waals surface area contributed by atoms with E-state index in [1.54, 1.807) is 0 Å². The zero-order valence-corrected chi connectivity index (χ0v) is 14.1. The Morgan fingerprint density at radius 3 is 2.35 bits per heavy atom. The van der Waals surface area contributed by atoms with E-state index in [1.165, 1.54) is 12.4 Å². The van der Waals surface area contributed by atoms with E-state index in [9.17, 15) is 4.79 Å². The van der Waals surface area contributed by atoms with Crippen LogP contribution in [0.15, 0.2) is 17.0 Å². The monoisotopic (exact) mass is 358 g/mol. The van der Waals surface area contributed by atoms with Crippen LogP contribution in [-0.2, 0) is 4.79 Å². The fourth-order valence-corrected chi connectivity index (χ4v) is 2.68. The molecule has 110 valence electrons. The highest BCUT2D eigenvalue weighted by atomic mass is 79.9. The zero-order valence-electron chi connectivity index (χ0n) is 11.6. The van der Waals surface area contributed by atoms with Crippen LogP contribution in [0.2, 0.25) is 0 Å². The molecule has 20 heavy (non-hydrogen) atoms. The van der Waals surface area contributed by atoms with E-state index in [2.05, 4.69) is 31.2 Å². The molecule has 1 rings (SSSR count). The number of carbonyl (C=O) groups is 1. The molecule has 5 nitrogen and oxygen atoms in total. The van der Waals surface area contributed by atoms with Crippen LogP contribution in [0.4, 0.5) is 5.82 Å². The highest BCUT2D eigenvalue weighted by Crippen LogP contribution is 2.32. The molecule has 0 fully saturated rings. The largest absolute Gasteiger partial charge is 0.392 e. The van der Waals surface area contributed by atoms with Crippen LogP contribution in [-0.4, -0.2) is 20.9 Å². The molecule has 0 aliphatic rings. The summed E-state index contributed by atoms with van der Waals surface area (Å²) in [7, 11) is 0. The zero-order chi connectivity index (χ0) is 15.2. The lowest BCUT2D eigenvalue weighted by Gasteiger charge is -2.30. The lowest BCUT2D eigenvalue weighted by Crippen LogP contribution is -2.46. The number of hydrogen-bond acceptors (Lipinski definition) is 4. The van der Waals surface area contributed by atoms with Crippen LogP contribution in [0.5, 0.6) is 0 Å². The summed E-state index contributed by atoms with van der Waals surface area (Å²) in [6.07, 6.45) is 5.94. The van der Waals surface area contributed by atoms with Gasteiger partial charge in [-0.15, -0.1) is 0 Å². The molecule has 0 aromatic carbocycles. The molecule has 0 radical (unpaired) electrons. The van der Waals surface area contributed by atoms with Gasteiger partial charge in [0.05, 0.1) is 22.8 Å². The van der Waals surface area contributed by atoms with E-state index < -0.39 is 5.41 Å². The lowest BCUT2D eigenvalue weighted by atomic mass is 9.78. The number of nitrogens with two attached hydrogens (primary N) is 1. The maximum absolute atomic E-state index is 12.6. The van der Waals surface area contributed by atoms with E-state index in [-0.39, 0.29) is 10.9 Å². The van der Waals surface area contributed by atoms with Gasteiger partial charge in [-0.2, -0.15) is 0 Å². The molecule has 1 aromatic heterocycles. The first kappa shape index (κ1) is 17.0. The Morgan fingerprint density at radius 2 is 1.95 bits per heavy atom. The van der Waals surface area contributed by atoms with Crippen molar-refractivity contribution < 1.29 is 4.79 Å². The summed E-state index contributed by atoms with van der Waals surface area (Å²) >= 11 is 8.34. The molecule has 0 aliphatic heterocycles. The fourth-order valence-electron chi connectivity index (χ4n) is 2.18. The standard InChI is InChI=1S/C13H19BrN4OS/c1-3-5-13(6-4-2,11(15)20)12(19)18-10-8-16-9(14)7-17-10/h7-8H,3-6H2,1-2H3,(H2,15,20)(H,17,18,19). The summed E-state index contributed by atoms with van der Waals surface area (Å²) < 4.78 is 0.609. The van der Waals surface area contributed by atoms with Crippen LogP contribution in [0.1, 0.15) is 39.5 Å². The van der Waals surface area contributed by atoms with Crippen molar-refractivity contribution in [2.45, 2.75) is 39.5 Å². The predicted octanol–water partition coefficient (Wildman–Crippen LogP) is 3.05. The third-order valence-electron chi connectivity index (χ3n) is 3.12. The Balaban J connectivity index is 2.98. The molecular weight excluding hydrogens is 340 g/mol. The molecule has 0 spiro atoms. The van der Waals surface area contributed by atoms with Crippen molar-refractivity contribution >= 4 is 44.9 Å². The van der Waals surface area contributed by atoms with Gasteiger partial charge in [-0.05, 0) is 28.8 Å². The van der Waals surface area contributed by atoms with Crippen molar-refractivity contribution in [2.24, 2.45) is 11.1 Å². The number of hydrogen-bond donors (Lipinski definition) is 2. The first-order valence-electron chi connectivity index (χ1n) is 6.55. The number of anilines is 1. The molecule has 7 heteroatoms. The second kappa shape index (κ2) is 7.64. The molecule has 0 saturated heterocycles. The number of rotatable bonds is 7. The smallest absolute Gasteiger partial charge is 0.238 e. The number of nitrogens with one attached hydrogen (secondary N) is 1. The SMILES string of the molecule is CCCC(CCC)(C(=O)Nc1cnc(Br)cn1)C(N)=S. The molecule has 0 aliphatic carbocycles. The minimum atomic E-state index is -0.812. The predicted molar refractivity (Wildman–Crippen MR) is 87.4 cm³/mol. The van der Waals surface area contributed by atoms with Gasteiger partial charge in [-0.1, -0.05) is 38.9 Å². The van der Waals surface area contributed by atoms with Crippen molar-refractivity contribution in [1.82, 2.24) is 9.97 Å². The van der Waals surface area contributed by atoms with Gasteiger partial charge in [0.15, 0.2) is 5.82 Å². The fraction of sp³-hybridized carbons (Fsp3) is 0.538. The minimum Gasteiger partial charge on any atom is -0.392 e. The molecule has 0 unspecified atom stereocenters. The molecule has 1 heterocycles. The number of amides is 1. The van der Waals surface area contributed by atoms with E-state index in [4.69, 9.17) is 18.0 Å². The van der Waals surface area contributed by atoms with Gasteiger partial charge in [0.1, 0.15) is 4.60 Å². The first-order valence-corrected chi connectivity index (χ1v) is 7.75. The molecule has 1 aromatic rings. The quantitative estimate of drug-likeness (QED) is 0.732. The van der Waals surface area contributed by atoms with E-state index in [0.29, 0.717) is 23.3 Å². The van der Waals surface area contributed by atoms with Gasteiger partial charge in [-0.3, -0.25) is 4.79 Å². The van der Waals surface area contributed by atoms with E-state index in [0.717, 1.165) is 12.8 Å². The van der Waals surface area contributed by atoms with Crippen molar-refractivity contribution in [3.05, 3.63) is 17.0 Å². The van der Waals surface area contributed by atoms with Gasteiger partial charge in [-0.25, -0.2) is 9.97 Å². The van der Waals surface area contributed by atoms with Crippen LogP contribution >= 0.6 is 28.1 Å². The van der Waals surface area contributed by atoms with Crippen molar-refractivity contribution in [2.75, 3.05) is 5.32 Å².